The van der Waals surface area contributed by atoms with Gasteiger partial charge in [-0.2, -0.15) is 0 Å². The molecule has 1 amide bonds. The third kappa shape index (κ3) is 3.91. The molecule has 26 heavy (non-hydrogen) atoms. The minimum absolute atomic E-state index is 0.0238. The number of hydrogen-bond acceptors (Lipinski definition) is 5. The van der Waals surface area contributed by atoms with Crippen LogP contribution < -0.4 is 10.0 Å². The van der Waals surface area contributed by atoms with E-state index in [4.69, 9.17) is 4.74 Å². The summed E-state index contributed by atoms with van der Waals surface area (Å²) in [5.41, 5.74) is 0.507. The molecule has 2 aliphatic heterocycles. The van der Waals surface area contributed by atoms with Crippen molar-refractivity contribution in [3.05, 3.63) is 29.8 Å². The smallest absolute Gasteiger partial charge is 0.263 e. The van der Waals surface area contributed by atoms with Gasteiger partial charge in [0.05, 0.1) is 11.0 Å². The van der Waals surface area contributed by atoms with Gasteiger partial charge in [0.15, 0.2) is 0 Å². The molecule has 2 aliphatic rings. The highest BCUT2D eigenvalue weighted by molar-refractivity contribution is 7.90. The summed E-state index contributed by atoms with van der Waals surface area (Å²) in [6, 6.07) is 6.00. The summed E-state index contributed by atoms with van der Waals surface area (Å²) in [5.74, 6) is 0.00774. The van der Waals surface area contributed by atoms with Crippen LogP contribution in [0.4, 0.5) is 0 Å². The molecule has 2 heterocycles. The molecule has 0 bridgehead atoms. The number of ether oxygens (including phenoxy) is 1. The number of sulfonamides is 1. The number of carbonyl (C=O) groups excluding carboxylic acids is 1. The Balaban J connectivity index is 1.82. The first kappa shape index (κ1) is 18.8. The molecule has 1 aromatic rings. The molecule has 1 saturated heterocycles. The average molecular weight is 379 g/mol. The molecule has 3 rings (SSSR count). The summed E-state index contributed by atoms with van der Waals surface area (Å²) < 4.78 is 32.5. The molecule has 0 aliphatic carbocycles. The van der Waals surface area contributed by atoms with Gasteiger partial charge in [0.2, 0.25) is 5.91 Å². The van der Waals surface area contributed by atoms with Crippen LogP contribution in [0.15, 0.2) is 34.2 Å². The first-order chi connectivity index (χ1) is 12.4. The van der Waals surface area contributed by atoms with E-state index in [1.54, 1.807) is 18.2 Å². The Kier molecular flexibility index (Phi) is 5.62. The van der Waals surface area contributed by atoms with Crippen molar-refractivity contribution in [2.75, 3.05) is 13.2 Å². The summed E-state index contributed by atoms with van der Waals surface area (Å²) in [6.07, 6.45) is 2.75. The molecule has 8 heteroatoms. The number of hydrogen-bond donors (Lipinski definition) is 2. The predicted molar refractivity (Wildman–Crippen MR) is 98.5 cm³/mol. The number of nitrogens with zero attached hydrogens (tertiary/aromatic N) is 1. The second-order valence-electron chi connectivity index (χ2n) is 6.79. The zero-order valence-electron chi connectivity index (χ0n) is 15.1. The van der Waals surface area contributed by atoms with Gasteiger partial charge < -0.3 is 10.1 Å². The SMILES string of the molecule is CC[C@H](C)[C@H](N=C1NS(=O)(=O)c2ccccc21)C(=O)NCC1CCCO1. The number of rotatable bonds is 6. The van der Waals surface area contributed by atoms with Gasteiger partial charge in [-0.1, -0.05) is 32.4 Å². The van der Waals surface area contributed by atoms with Crippen molar-refractivity contribution >= 4 is 21.8 Å². The fourth-order valence-electron chi connectivity index (χ4n) is 3.16. The maximum Gasteiger partial charge on any atom is 0.263 e. The Labute approximate surface area is 154 Å². The monoisotopic (exact) mass is 379 g/mol. The maximum atomic E-state index is 12.7. The molecule has 1 aromatic carbocycles. The lowest BCUT2D eigenvalue weighted by molar-refractivity contribution is -0.123. The molecule has 0 spiro atoms. The lowest BCUT2D eigenvalue weighted by Crippen LogP contribution is -2.42. The summed E-state index contributed by atoms with van der Waals surface area (Å²) in [7, 11) is -3.62. The number of aliphatic imine (C=N–C) groups is 1. The zero-order chi connectivity index (χ0) is 18.7. The highest BCUT2D eigenvalue weighted by atomic mass is 32.2. The van der Waals surface area contributed by atoms with Crippen molar-refractivity contribution in [1.82, 2.24) is 10.0 Å². The van der Waals surface area contributed by atoms with E-state index in [0.29, 0.717) is 12.1 Å². The lowest BCUT2D eigenvalue weighted by atomic mass is 9.98. The third-order valence-corrected chi connectivity index (χ3v) is 6.31. The van der Waals surface area contributed by atoms with Crippen LogP contribution in [0.3, 0.4) is 0 Å². The molecule has 0 radical (unpaired) electrons. The molecule has 1 unspecified atom stereocenters. The number of amidine groups is 1. The Morgan fingerprint density at radius 3 is 2.88 bits per heavy atom. The van der Waals surface area contributed by atoms with Gasteiger partial charge >= 0.3 is 0 Å². The van der Waals surface area contributed by atoms with E-state index in [1.807, 2.05) is 13.8 Å². The molecule has 1 fully saturated rings. The van der Waals surface area contributed by atoms with Crippen LogP contribution in [0, 0.1) is 5.92 Å². The van der Waals surface area contributed by atoms with E-state index in [2.05, 4.69) is 15.0 Å². The van der Waals surface area contributed by atoms with Gasteiger partial charge in [-0.3, -0.25) is 14.5 Å². The normalized spacial score (nSPS) is 24.7. The fourth-order valence-corrected chi connectivity index (χ4v) is 4.40. The van der Waals surface area contributed by atoms with Crippen LogP contribution in [0.5, 0.6) is 0 Å². The third-order valence-electron chi connectivity index (χ3n) is 4.91. The highest BCUT2D eigenvalue weighted by Gasteiger charge is 2.33. The Morgan fingerprint density at radius 1 is 1.42 bits per heavy atom. The predicted octanol–water partition coefficient (Wildman–Crippen LogP) is 1.43. The van der Waals surface area contributed by atoms with Crippen LogP contribution in [0.2, 0.25) is 0 Å². The van der Waals surface area contributed by atoms with Gasteiger partial charge in [-0.05, 0) is 30.9 Å². The largest absolute Gasteiger partial charge is 0.376 e. The van der Waals surface area contributed by atoms with Crippen LogP contribution in [-0.4, -0.2) is 45.5 Å². The van der Waals surface area contributed by atoms with Crippen molar-refractivity contribution in [3.63, 3.8) is 0 Å². The van der Waals surface area contributed by atoms with Crippen molar-refractivity contribution in [3.8, 4) is 0 Å². The molecule has 3 atom stereocenters. The molecular weight excluding hydrogens is 354 g/mol. The van der Waals surface area contributed by atoms with Gasteiger partial charge in [0, 0.05) is 18.7 Å². The molecule has 2 N–H and O–H groups in total. The van der Waals surface area contributed by atoms with E-state index >= 15 is 0 Å². The maximum absolute atomic E-state index is 12.7. The van der Waals surface area contributed by atoms with Gasteiger partial charge in [0.25, 0.3) is 10.0 Å². The number of amides is 1. The minimum Gasteiger partial charge on any atom is -0.376 e. The van der Waals surface area contributed by atoms with Crippen molar-refractivity contribution in [2.45, 2.75) is 50.2 Å². The quantitative estimate of drug-likeness (QED) is 0.781. The van der Waals surface area contributed by atoms with Crippen LogP contribution in [-0.2, 0) is 19.6 Å². The Hall–Kier alpha value is -1.93. The number of benzene rings is 1. The summed E-state index contributed by atoms with van der Waals surface area (Å²) >= 11 is 0. The van der Waals surface area contributed by atoms with E-state index in [-0.39, 0.29) is 28.7 Å². The lowest BCUT2D eigenvalue weighted by Gasteiger charge is -2.20. The number of nitrogens with one attached hydrogen (secondary N) is 2. The number of carbonyl (C=O) groups is 1. The minimum atomic E-state index is -3.62. The first-order valence-corrected chi connectivity index (χ1v) is 10.5. The van der Waals surface area contributed by atoms with E-state index in [0.717, 1.165) is 25.9 Å². The summed E-state index contributed by atoms with van der Waals surface area (Å²) in [6.45, 7) is 5.11. The molecule has 7 nitrogen and oxygen atoms in total. The van der Waals surface area contributed by atoms with Gasteiger partial charge in [-0.15, -0.1) is 0 Å². The summed E-state index contributed by atoms with van der Waals surface area (Å²) in [5, 5.41) is 2.91. The van der Waals surface area contributed by atoms with Gasteiger partial charge in [-0.25, -0.2) is 8.42 Å². The topological polar surface area (TPSA) is 96.9 Å². The second kappa shape index (κ2) is 7.75. The fraction of sp³-hybridized carbons (Fsp3) is 0.556. The Bertz CT molecular complexity index is 800. The van der Waals surface area contributed by atoms with Crippen LogP contribution >= 0.6 is 0 Å². The molecular formula is C18H25N3O4S. The highest BCUT2D eigenvalue weighted by Crippen LogP contribution is 2.24. The van der Waals surface area contributed by atoms with E-state index in [1.165, 1.54) is 6.07 Å². The van der Waals surface area contributed by atoms with Crippen molar-refractivity contribution in [2.24, 2.45) is 10.9 Å². The zero-order valence-corrected chi connectivity index (χ0v) is 15.9. The van der Waals surface area contributed by atoms with E-state index < -0.39 is 16.1 Å². The molecule has 0 saturated carbocycles. The average Bonchev–Trinajstić information content (AvgIpc) is 3.24. The van der Waals surface area contributed by atoms with Crippen molar-refractivity contribution in [1.29, 1.82) is 0 Å². The first-order valence-electron chi connectivity index (χ1n) is 9.01. The van der Waals surface area contributed by atoms with Gasteiger partial charge in [0.1, 0.15) is 11.9 Å². The van der Waals surface area contributed by atoms with E-state index in [9.17, 15) is 13.2 Å². The Morgan fingerprint density at radius 2 is 2.19 bits per heavy atom. The number of fused-ring (bicyclic) bond motifs is 1. The molecule has 142 valence electrons. The molecule has 0 aromatic heterocycles. The van der Waals surface area contributed by atoms with Crippen LogP contribution in [0.25, 0.3) is 0 Å². The standard InChI is InChI=1S/C18H25N3O4S/c1-3-12(2)16(18(22)19-11-13-7-6-10-25-13)20-17-14-8-4-5-9-15(14)26(23,24)21-17/h4-5,8-9,12-13,16H,3,6-7,10-11H2,1-2H3,(H,19,22)(H,20,21)/t12-,13?,16-/m0/s1. The van der Waals surface area contributed by atoms with Crippen molar-refractivity contribution < 1.29 is 17.9 Å². The second-order valence-corrected chi connectivity index (χ2v) is 8.44. The van der Waals surface area contributed by atoms with Crippen LogP contribution in [0.1, 0.15) is 38.7 Å². The summed E-state index contributed by atoms with van der Waals surface area (Å²) in [4.78, 5) is 17.4.